The smallest absolute Gasteiger partial charge is 0.325 e. The summed E-state index contributed by atoms with van der Waals surface area (Å²) in [6.45, 7) is 3.73. The standard InChI is InChI=1S/C13H17N3O4/c1-8(2)14-11(17)6-10-12(18)16(13(19)15-10)7-9-4-3-5-20-9/h3-5,8,10H,6-7H2,1-2H3,(H,14,17)(H,15,19). The Labute approximate surface area is 116 Å². The summed E-state index contributed by atoms with van der Waals surface area (Å²) in [5.74, 6) is -0.162. The minimum absolute atomic E-state index is 0.00562. The summed E-state index contributed by atoms with van der Waals surface area (Å²) in [6.07, 6.45) is 1.42. The average Bonchev–Trinajstić information content (AvgIpc) is 2.93. The van der Waals surface area contributed by atoms with Gasteiger partial charge in [0.25, 0.3) is 5.91 Å². The van der Waals surface area contributed by atoms with Gasteiger partial charge in [0.15, 0.2) is 0 Å². The third-order valence-corrected chi connectivity index (χ3v) is 2.84. The molecule has 7 nitrogen and oxygen atoms in total. The van der Waals surface area contributed by atoms with E-state index in [0.717, 1.165) is 4.90 Å². The van der Waals surface area contributed by atoms with Crippen LogP contribution in [0, 0.1) is 0 Å². The summed E-state index contributed by atoms with van der Waals surface area (Å²) >= 11 is 0. The number of imide groups is 1. The van der Waals surface area contributed by atoms with Crippen molar-refractivity contribution in [2.24, 2.45) is 0 Å². The van der Waals surface area contributed by atoms with Crippen molar-refractivity contribution in [1.29, 1.82) is 0 Å². The Morgan fingerprint density at radius 2 is 2.25 bits per heavy atom. The van der Waals surface area contributed by atoms with E-state index in [1.807, 2.05) is 13.8 Å². The topological polar surface area (TPSA) is 91.7 Å². The van der Waals surface area contributed by atoms with E-state index in [1.165, 1.54) is 6.26 Å². The van der Waals surface area contributed by atoms with Crippen LogP contribution >= 0.6 is 0 Å². The number of furan rings is 1. The molecule has 1 fully saturated rings. The van der Waals surface area contributed by atoms with Gasteiger partial charge < -0.3 is 15.1 Å². The first kappa shape index (κ1) is 14.1. The first-order valence-corrected chi connectivity index (χ1v) is 6.41. The highest BCUT2D eigenvalue weighted by molar-refractivity contribution is 6.05. The van der Waals surface area contributed by atoms with Crippen LogP contribution in [-0.2, 0) is 16.1 Å². The molecule has 0 spiro atoms. The number of carbonyl (C=O) groups is 3. The molecular weight excluding hydrogens is 262 g/mol. The molecule has 2 N–H and O–H groups in total. The second-order valence-electron chi connectivity index (χ2n) is 4.93. The fourth-order valence-electron chi connectivity index (χ4n) is 1.99. The third-order valence-electron chi connectivity index (χ3n) is 2.84. The molecule has 20 heavy (non-hydrogen) atoms. The van der Waals surface area contributed by atoms with E-state index < -0.39 is 18.0 Å². The Morgan fingerprint density at radius 3 is 2.85 bits per heavy atom. The number of urea groups is 1. The summed E-state index contributed by atoms with van der Waals surface area (Å²) in [5.41, 5.74) is 0. The average molecular weight is 279 g/mol. The molecular formula is C13H17N3O4. The summed E-state index contributed by atoms with van der Waals surface area (Å²) < 4.78 is 5.11. The molecule has 0 aliphatic carbocycles. The number of nitrogens with zero attached hydrogens (tertiary/aromatic N) is 1. The van der Waals surface area contributed by atoms with Gasteiger partial charge in [0.05, 0.1) is 19.2 Å². The number of nitrogens with one attached hydrogen (secondary N) is 2. The van der Waals surface area contributed by atoms with Crippen molar-refractivity contribution in [3.05, 3.63) is 24.2 Å². The molecule has 1 aromatic rings. The first-order valence-electron chi connectivity index (χ1n) is 6.41. The largest absolute Gasteiger partial charge is 0.467 e. The Hall–Kier alpha value is -2.31. The van der Waals surface area contributed by atoms with Crippen LogP contribution in [0.3, 0.4) is 0 Å². The number of rotatable bonds is 5. The third kappa shape index (κ3) is 3.17. The van der Waals surface area contributed by atoms with Gasteiger partial charge in [-0.15, -0.1) is 0 Å². The molecule has 1 aromatic heterocycles. The summed E-state index contributed by atoms with van der Waals surface area (Å²) in [4.78, 5) is 36.5. The number of hydrogen-bond acceptors (Lipinski definition) is 4. The minimum atomic E-state index is -0.809. The number of hydrogen-bond donors (Lipinski definition) is 2. The molecule has 1 saturated heterocycles. The van der Waals surface area contributed by atoms with Crippen LogP contribution in [0.4, 0.5) is 4.79 Å². The molecule has 1 unspecified atom stereocenters. The molecule has 4 amide bonds. The van der Waals surface area contributed by atoms with Crippen molar-refractivity contribution < 1.29 is 18.8 Å². The van der Waals surface area contributed by atoms with Crippen molar-refractivity contribution in [3.8, 4) is 0 Å². The van der Waals surface area contributed by atoms with Crippen molar-refractivity contribution in [2.75, 3.05) is 0 Å². The van der Waals surface area contributed by atoms with E-state index in [4.69, 9.17) is 4.42 Å². The summed E-state index contributed by atoms with van der Waals surface area (Å²) in [5, 5.41) is 5.19. The highest BCUT2D eigenvalue weighted by Gasteiger charge is 2.39. The van der Waals surface area contributed by atoms with Gasteiger partial charge >= 0.3 is 6.03 Å². The maximum atomic E-state index is 12.1. The van der Waals surface area contributed by atoms with Crippen molar-refractivity contribution >= 4 is 17.8 Å². The predicted octanol–water partition coefficient (Wildman–Crippen LogP) is 0.615. The fraction of sp³-hybridized carbons (Fsp3) is 0.462. The molecule has 108 valence electrons. The lowest BCUT2D eigenvalue weighted by atomic mass is 10.2. The first-order chi connectivity index (χ1) is 9.47. The molecule has 0 aromatic carbocycles. The lowest BCUT2D eigenvalue weighted by Gasteiger charge is -2.12. The zero-order chi connectivity index (χ0) is 14.7. The van der Waals surface area contributed by atoms with Gasteiger partial charge in [0, 0.05) is 6.04 Å². The second kappa shape index (κ2) is 5.77. The Morgan fingerprint density at radius 1 is 1.50 bits per heavy atom. The Balaban J connectivity index is 1.96. The monoisotopic (exact) mass is 279 g/mol. The van der Waals surface area contributed by atoms with Gasteiger partial charge in [0.1, 0.15) is 11.8 Å². The van der Waals surface area contributed by atoms with Crippen LogP contribution in [0.25, 0.3) is 0 Å². The zero-order valence-electron chi connectivity index (χ0n) is 11.4. The van der Waals surface area contributed by atoms with Gasteiger partial charge in [-0.2, -0.15) is 0 Å². The predicted molar refractivity (Wildman–Crippen MR) is 69.5 cm³/mol. The van der Waals surface area contributed by atoms with Gasteiger partial charge in [0.2, 0.25) is 5.91 Å². The van der Waals surface area contributed by atoms with Gasteiger partial charge in [-0.05, 0) is 26.0 Å². The fourth-order valence-corrected chi connectivity index (χ4v) is 1.99. The van der Waals surface area contributed by atoms with Crippen LogP contribution in [0.1, 0.15) is 26.0 Å². The zero-order valence-corrected chi connectivity index (χ0v) is 11.4. The SMILES string of the molecule is CC(C)NC(=O)CC1NC(=O)N(Cc2ccco2)C1=O. The quantitative estimate of drug-likeness (QED) is 0.773. The number of carbonyl (C=O) groups excluding carboxylic acids is 3. The molecule has 1 atom stereocenters. The molecule has 2 heterocycles. The van der Waals surface area contributed by atoms with E-state index in [2.05, 4.69) is 10.6 Å². The lowest BCUT2D eigenvalue weighted by Crippen LogP contribution is -2.38. The van der Waals surface area contributed by atoms with Gasteiger partial charge in [-0.1, -0.05) is 0 Å². The molecule has 1 aliphatic heterocycles. The molecule has 0 radical (unpaired) electrons. The highest BCUT2D eigenvalue weighted by atomic mass is 16.3. The minimum Gasteiger partial charge on any atom is -0.467 e. The van der Waals surface area contributed by atoms with Crippen LogP contribution in [0.5, 0.6) is 0 Å². The van der Waals surface area contributed by atoms with Crippen molar-refractivity contribution in [2.45, 2.75) is 38.9 Å². The molecule has 0 bridgehead atoms. The van der Waals surface area contributed by atoms with E-state index in [-0.39, 0.29) is 24.9 Å². The summed E-state index contributed by atoms with van der Waals surface area (Å²) in [7, 11) is 0. The normalized spacial score (nSPS) is 18.6. The molecule has 0 saturated carbocycles. The van der Waals surface area contributed by atoms with Crippen LogP contribution < -0.4 is 10.6 Å². The highest BCUT2D eigenvalue weighted by Crippen LogP contribution is 2.14. The van der Waals surface area contributed by atoms with E-state index >= 15 is 0 Å². The van der Waals surface area contributed by atoms with E-state index in [1.54, 1.807) is 12.1 Å². The molecule has 2 rings (SSSR count). The molecule has 7 heteroatoms. The van der Waals surface area contributed by atoms with E-state index in [0.29, 0.717) is 5.76 Å². The Kier molecular flexibility index (Phi) is 4.07. The van der Waals surface area contributed by atoms with Crippen LogP contribution in [0.15, 0.2) is 22.8 Å². The second-order valence-corrected chi connectivity index (χ2v) is 4.93. The maximum Gasteiger partial charge on any atom is 0.325 e. The van der Waals surface area contributed by atoms with Crippen LogP contribution in [0.2, 0.25) is 0 Å². The lowest BCUT2D eigenvalue weighted by molar-refractivity contribution is -0.131. The summed E-state index contributed by atoms with van der Waals surface area (Å²) in [6, 6.07) is 2.04. The van der Waals surface area contributed by atoms with Crippen molar-refractivity contribution in [1.82, 2.24) is 15.5 Å². The number of amides is 4. The van der Waals surface area contributed by atoms with Crippen molar-refractivity contribution in [3.63, 3.8) is 0 Å². The van der Waals surface area contributed by atoms with Gasteiger partial charge in [-0.3, -0.25) is 14.5 Å². The van der Waals surface area contributed by atoms with Crippen LogP contribution in [-0.4, -0.2) is 34.8 Å². The van der Waals surface area contributed by atoms with Gasteiger partial charge in [-0.25, -0.2) is 4.79 Å². The van der Waals surface area contributed by atoms with E-state index in [9.17, 15) is 14.4 Å². The molecule has 1 aliphatic rings. The Bertz CT molecular complexity index is 510. The maximum absolute atomic E-state index is 12.1.